The van der Waals surface area contributed by atoms with Gasteiger partial charge in [-0.1, -0.05) is 19.3 Å². The van der Waals surface area contributed by atoms with Crippen molar-refractivity contribution in [1.29, 1.82) is 0 Å². The monoisotopic (exact) mass is 231 g/mol. The molecule has 2 aromatic rings. The number of aromatic nitrogens is 1. The molecule has 17 heavy (non-hydrogen) atoms. The summed E-state index contributed by atoms with van der Waals surface area (Å²) in [5.74, 6) is 0.642. The normalized spacial score (nSPS) is 17.7. The van der Waals surface area contributed by atoms with Gasteiger partial charge >= 0.3 is 0 Å². The van der Waals surface area contributed by atoms with E-state index in [1.807, 2.05) is 6.07 Å². The van der Waals surface area contributed by atoms with E-state index in [1.54, 1.807) is 6.07 Å². The molecule has 0 unspecified atom stereocenters. The summed E-state index contributed by atoms with van der Waals surface area (Å²) < 4.78 is 15.5. The molecule has 1 saturated carbocycles. The average molecular weight is 231 g/mol. The van der Waals surface area contributed by atoms with E-state index in [0.29, 0.717) is 0 Å². The fourth-order valence-electron chi connectivity index (χ4n) is 2.96. The summed E-state index contributed by atoms with van der Waals surface area (Å²) in [6.45, 7) is 1.05. The van der Waals surface area contributed by atoms with E-state index in [-0.39, 0.29) is 5.82 Å². The Hall–Kier alpha value is -1.31. The Bertz CT molecular complexity index is 509. The van der Waals surface area contributed by atoms with Gasteiger partial charge in [0, 0.05) is 12.7 Å². The highest BCUT2D eigenvalue weighted by Gasteiger charge is 2.14. The maximum atomic E-state index is 13.3. The van der Waals surface area contributed by atoms with Crippen molar-refractivity contribution in [2.75, 3.05) is 0 Å². The third-order valence-corrected chi connectivity index (χ3v) is 3.92. The van der Waals surface area contributed by atoms with Crippen LogP contribution in [0.3, 0.4) is 0 Å². The first-order chi connectivity index (χ1) is 8.33. The first-order valence-corrected chi connectivity index (χ1v) is 6.57. The zero-order valence-corrected chi connectivity index (χ0v) is 10.0. The third-order valence-electron chi connectivity index (χ3n) is 3.92. The molecular formula is C15H18FN. The van der Waals surface area contributed by atoms with Crippen molar-refractivity contribution in [1.82, 2.24) is 4.57 Å². The number of hydrogen-bond donors (Lipinski definition) is 0. The smallest absolute Gasteiger partial charge is 0.125 e. The molecule has 3 rings (SSSR count). The Kier molecular flexibility index (Phi) is 2.87. The minimum Gasteiger partial charge on any atom is -0.347 e. The average Bonchev–Trinajstić information content (AvgIpc) is 2.73. The van der Waals surface area contributed by atoms with Crippen molar-refractivity contribution in [3.63, 3.8) is 0 Å². The molecule has 0 spiro atoms. The van der Waals surface area contributed by atoms with Crippen LogP contribution in [0, 0.1) is 11.7 Å². The van der Waals surface area contributed by atoms with Gasteiger partial charge < -0.3 is 4.57 Å². The molecule has 0 N–H and O–H groups in total. The zero-order chi connectivity index (χ0) is 11.7. The van der Waals surface area contributed by atoms with E-state index >= 15 is 0 Å². The number of rotatable bonds is 2. The van der Waals surface area contributed by atoms with Gasteiger partial charge in [0.2, 0.25) is 0 Å². The summed E-state index contributed by atoms with van der Waals surface area (Å²) in [6, 6.07) is 7.13. The van der Waals surface area contributed by atoms with Gasteiger partial charge in [-0.3, -0.25) is 0 Å². The minimum absolute atomic E-state index is 0.138. The summed E-state index contributed by atoms with van der Waals surface area (Å²) >= 11 is 0. The van der Waals surface area contributed by atoms with Gasteiger partial charge in [0.25, 0.3) is 0 Å². The lowest BCUT2D eigenvalue weighted by Gasteiger charge is -2.22. The van der Waals surface area contributed by atoms with Crippen LogP contribution < -0.4 is 0 Å². The summed E-state index contributed by atoms with van der Waals surface area (Å²) in [7, 11) is 0. The van der Waals surface area contributed by atoms with E-state index in [9.17, 15) is 4.39 Å². The highest BCUT2D eigenvalue weighted by atomic mass is 19.1. The molecule has 0 saturated heterocycles. The Balaban J connectivity index is 1.86. The molecule has 1 nitrogen and oxygen atoms in total. The first-order valence-electron chi connectivity index (χ1n) is 6.57. The van der Waals surface area contributed by atoms with Crippen molar-refractivity contribution < 1.29 is 4.39 Å². The predicted octanol–water partition coefficient (Wildman–Crippen LogP) is 4.36. The van der Waals surface area contributed by atoms with Crippen LogP contribution in [-0.2, 0) is 6.54 Å². The Labute approximate surface area is 101 Å². The molecule has 1 aliphatic carbocycles. The molecule has 1 heterocycles. The second-order valence-corrected chi connectivity index (χ2v) is 5.18. The lowest BCUT2D eigenvalue weighted by molar-refractivity contribution is 0.322. The highest BCUT2D eigenvalue weighted by Crippen LogP contribution is 2.27. The van der Waals surface area contributed by atoms with Crippen LogP contribution in [0.4, 0.5) is 4.39 Å². The fraction of sp³-hybridized carbons (Fsp3) is 0.467. The maximum Gasteiger partial charge on any atom is 0.125 e. The Morgan fingerprint density at radius 3 is 2.76 bits per heavy atom. The summed E-state index contributed by atoms with van der Waals surface area (Å²) in [5, 5.41) is 1.14. The van der Waals surface area contributed by atoms with Crippen LogP contribution in [-0.4, -0.2) is 4.57 Å². The first kappa shape index (κ1) is 10.8. The molecule has 0 atom stereocenters. The highest BCUT2D eigenvalue weighted by molar-refractivity contribution is 5.80. The maximum absolute atomic E-state index is 13.3. The van der Waals surface area contributed by atoms with Gasteiger partial charge in [-0.25, -0.2) is 4.39 Å². The van der Waals surface area contributed by atoms with Gasteiger partial charge in [-0.2, -0.15) is 0 Å². The van der Waals surface area contributed by atoms with Gasteiger partial charge in [0.1, 0.15) is 5.82 Å². The molecule has 1 aliphatic rings. The quantitative estimate of drug-likeness (QED) is 0.723. The molecule has 0 aliphatic heterocycles. The van der Waals surface area contributed by atoms with Crippen molar-refractivity contribution in [3.05, 3.63) is 36.3 Å². The predicted molar refractivity (Wildman–Crippen MR) is 68.5 cm³/mol. The van der Waals surface area contributed by atoms with Gasteiger partial charge in [-0.05, 0) is 48.4 Å². The molecule has 1 aromatic heterocycles. The summed E-state index contributed by atoms with van der Waals surface area (Å²) in [5.41, 5.74) is 1.04. The van der Waals surface area contributed by atoms with E-state index in [4.69, 9.17) is 0 Å². The molecule has 1 fully saturated rings. The number of benzene rings is 1. The van der Waals surface area contributed by atoms with Crippen molar-refractivity contribution in [3.8, 4) is 0 Å². The molecule has 1 aromatic carbocycles. The number of nitrogens with zero attached hydrogens (tertiary/aromatic N) is 1. The summed E-state index contributed by atoms with van der Waals surface area (Å²) in [4.78, 5) is 0. The molecule has 90 valence electrons. The van der Waals surface area contributed by atoms with Crippen LogP contribution in [0.1, 0.15) is 32.1 Å². The number of hydrogen-bond acceptors (Lipinski definition) is 0. The number of halogens is 1. The van der Waals surface area contributed by atoms with Crippen molar-refractivity contribution in [2.45, 2.75) is 38.6 Å². The van der Waals surface area contributed by atoms with Crippen molar-refractivity contribution in [2.24, 2.45) is 5.92 Å². The zero-order valence-electron chi connectivity index (χ0n) is 10.0. The minimum atomic E-state index is -0.138. The molecule has 0 amide bonds. The van der Waals surface area contributed by atoms with Crippen molar-refractivity contribution >= 4 is 10.9 Å². The van der Waals surface area contributed by atoms with Crippen LogP contribution in [0.2, 0.25) is 0 Å². The molecular weight excluding hydrogens is 213 g/mol. The second kappa shape index (κ2) is 4.52. The number of fused-ring (bicyclic) bond motifs is 1. The van der Waals surface area contributed by atoms with Gasteiger partial charge in [0.05, 0.1) is 5.52 Å². The van der Waals surface area contributed by atoms with Crippen LogP contribution in [0.25, 0.3) is 10.9 Å². The standard InChI is InChI=1S/C15H18FN/c16-14-7-6-13-8-9-17(15(13)10-14)11-12-4-2-1-3-5-12/h6-10,12H,1-5,11H2. The summed E-state index contributed by atoms with van der Waals surface area (Å²) in [6.07, 6.45) is 8.86. The largest absolute Gasteiger partial charge is 0.347 e. The van der Waals surface area contributed by atoms with Gasteiger partial charge in [-0.15, -0.1) is 0 Å². The molecule has 2 heteroatoms. The van der Waals surface area contributed by atoms with E-state index < -0.39 is 0 Å². The Morgan fingerprint density at radius 1 is 1.12 bits per heavy atom. The van der Waals surface area contributed by atoms with Crippen LogP contribution >= 0.6 is 0 Å². The van der Waals surface area contributed by atoms with Gasteiger partial charge in [0.15, 0.2) is 0 Å². The van der Waals surface area contributed by atoms with E-state index in [2.05, 4.69) is 16.8 Å². The van der Waals surface area contributed by atoms with E-state index in [0.717, 1.165) is 23.4 Å². The Morgan fingerprint density at radius 2 is 1.94 bits per heavy atom. The molecule has 0 radical (unpaired) electrons. The fourth-order valence-corrected chi connectivity index (χ4v) is 2.96. The molecule has 0 bridgehead atoms. The van der Waals surface area contributed by atoms with Crippen LogP contribution in [0.15, 0.2) is 30.5 Å². The third kappa shape index (κ3) is 2.21. The second-order valence-electron chi connectivity index (χ2n) is 5.18. The topological polar surface area (TPSA) is 4.93 Å². The van der Waals surface area contributed by atoms with E-state index in [1.165, 1.54) is 38.2 Å². The van der Waals surface area contributed by atoms with Crippen LogP contribution in [0.5, 0.6) is 0 Å². The SMILES string of the molecule is Fc1ccc2ccn(CC3CCCCC3)c2c1. The lowest BCUT2D eigenvalue weighted by atomic mass is 9.89. The lowest BCUT2D eigenvalue weighted by Crippen LogP contribution is -2.13.